The minimum atomic E-state index is -3.24. The van der Waals surface area contributed by atoms with E-state index in [0.717, 1.165) is 19.0 Å². The van der Waals surface area contributed by atoms with E-state index in [-0.39, 0.29) is 29.7 Å². The van der Waals surface area contributed by atoms with E-state index in [1.807, 2.05) is 17.4 Å². The third kappa shape index (κ3) is 7.44. The van der Waals surface area contributed by atoms with E-state index in [1.165, 1.54) is 17.7 Å². The zero-order valence-corrected chi connectivity index (χ0v) is 22.1. The fourth-order valence-corrected chi connectivity index (χ4v) is 6.36. The highest BCUT2D eigenvalue weighted by molar-refractivity contribution is 14.0. The lowest BCUT2D eigenvalue weighted by Crippen LogP contribution is -2.45. The first-order chi connectivity index (χ1) is 14.5. The predicted molar refractivity (Wildman–Crippen MR) is 140 cm³/mol. The summed E-state index contributed by atoms with van der Waals surface area (Å²) in [5.41, 5.74) is 0. The Morgan fingerprint density at radius 3 is 2.65 bits per heavy atom. The third-order valence-corrected chi connectivity index (χ3v) is 8.34. The minimum Gasteiger partial charge on any atom is -0.356 e. The Kier molecular flexibility index (Phi) is 10.7. The summed E-state index contributed by atoms with van der Waals surface area (Å²) < 4.78 is 24.8. The summed E-state index contributed by atoms with van der Waals surface area (Å²) in [6, 6.07) is 13.4. The molecule has 6 nitrogen and oxygen atoms in total. The highest BCUT2D eigenvalue weighted by atomic mass is 127. The summed E-state index contributed by atoms with van der Waals surface area (Å²) in [5.74, 6) is 1.36. The Hall–Kier alpha value is -1.17. The van der Waals surface area contributed by atoms with Gasteiger partial charge in [-0.1, -0.05) is 24.3 Å². The monoisotopic (exact) mass is 576 g/mol. The van der Waals surface area contributed by atoms with Crippen LogP contribution < -0.4 is 10.6 Å². The zero-order valence-electron chi connectivity index (χ0n) is 18.2. The molecule has 1 aliphatic heterocycles. The number of nitrogens with one attached hydrogen (secondary N) is 2. The van der Waals surface area contributed by atoms with E-state index in [4.69, 9.17) is 0 Å². The number of guanidine groups is 1. The van der Waals surface area contributed by atoms with Crippen LogP contribution in [0, 0.1) is 5.92 Å². The summed E-state index contributed by atoms with van der Waals surface area (Å²) in [4.78, 5) is 8.55. The van der Waals surface area contributed by atoms with Gasteiger partial charge in [-0.05, 0) is 62.4 Å². The van der Waals surface area contributed by atoms with Crippen molar-refractivity contribution in [3.05, 3.63) is 52.7 Å². The topological polar surface area (TPSA) is 73.8 Å². The molecule has 0 saturated carbocycles. The number of nitrogens with zero attached hydrogens (tertiary/aromatic N) is 2. The Labute approximate surface area is 207 Å². The number of thiophene rings is 1. The zero-order chi connectivity index (χ0) is 21.4. The van der Waals surface area contributed by atoms with Gasteiger partial charge < -0.3 is 10.6 Å². The van der Waals surface area contributed by atoms with Crippen molar-refractivity contribution in [3.8, 4) is 0 Å². The molecule has 0 bridgehead atoms. The van der Waals surface area contributed by atoms with Gasteiger partial charge in [0.1, 0.15) is 0 Å². The summed E-state index contributed by atoms with van der Waals surface area (Å²) in [6.45, 7) is 2.53. The van der Waals surface area contributed by atoms with Crippen molar-refractivity contribution in [2.45, 2.75) is 30.2 Å². The molecule has 0 radical (unpaired) electrons. The van der Waals surface area contributed by atoms with Gasteiger partial charge in [0.15, 0.2) is 15.8 Å². The van der Waals surface area contributed by atoms with Crippen molar-refractivity contribution in [2.24, 2.45) is 10.9 Å². The van der Waals surface area contributed by atoms with Crippen LogP contribution in [0.2, 0.25) is 0 Å². The SMILES string of the molecule is CN=C(NCCCS(=O)(=O)c1ccccc1)NCC1CCCN(C)C1c1cccs1.I. The Bertz CT molecular complexity index is 905. The van der Waals surface area contributed by atoms with Crippen LogP contribution in [0.15, 0.2) is 57.7 Å². The summed E-state index contributed by atoms with van der Waals surface area (Å²) in [7, 11) is 0.717. The smallest absolute Gasteiger partial charge is 0.190 e. The maximum absolute atomic E-state index is 12.4. The van der Waals surface area contributed by atoms with E-state index >= 15 is 0 Å². The van der Waals surface area contributed by atoms with Crippen LogP contribution >= 0.6 is 35.3 Å². The number of rotatable bonds is 8. The largest absolute Gasteiger partial charge is 0.356 e. The molecule has 172 valence electrons. The van der Waals surface area contributed by atoms with E-state index in [0.29, 0.717) is 29.8 Å². The lowest BCUT2D eigenvalue weighted by molar-refractivity contribution is 0.125. The normalized spacial score (nSPS) is 20.1. The molecule has 3 rings (SSSR count). The molecular weight excluding hydrogens is 543 g/mol. The quantitative estimate of drug-likeness (QED) is 0.217. The third-order valence-electron chi connectivity index (χ3n) is 5.58. The van der Waals surface area contributed by atoms with Gasteiger partial charge in [-0.3, -0.25) is 9.89 Å². The minimum absolute atomic E-state index is 0. The predicted octanol–water partition coefficient (Wildman–Crippen LogP) is 3.78. The number of piperidine rings is 1. The van der Waals surface area contributed by atoms with Gasteiger partial charge in [-0.25, -0.2) is 8.42 Å². The molecule has 1 fully saturated rings. The van der Waals surface area contributed by atoms with Gasteiger partial charge >= 0.3 is 0 Å². The van der Waals surface area contributed by atoms with Crippen molar-refractivity contribution in [3.63, 3.8) is 0 Å². The molecule has 9 heteroatoms. The Morgan fingerprint density at radius 1 is 1.19 bits per heavy atom. The molecule has 0 amide bonds. The number of likely N-dealkylation sites (tertiary alicyclic amines) is 1. The second-order valence-electron chi connectivity index (χ2n) is 7.71. The maximum Gasteiger partial charge on any atom is 0.190 e. The van der Waals surface area contributed by atoms with E-state index in [1.54, 1.807) is 31.3 Å². The lowest BCUT2D eigenvalue weighted by atomic mass is 9.88. The number of benzene rings is 1. The molecule has 1 saturated heterocycles. The number of hydrogen-bond donors (Lipinski definition) is 2. The van der Waals surface area contributed by atoms with Crippen molar-refractivity contribution >= 4 is 51.1 Å². The van der Waals surface area contributed by atoms with Crippen LogP contribution in [0.1, 0.15) is 30.2 Å². The second kappa shape index (κ2) is 12.8. The van der Waals surface area contributed by atoms with Crippen LogP contribution in [-0.4, -0.2) is 58.8 Å². The van der Waals surface area contributed by atoms with Crippen molar-refractivity contribution < 1.29 is 8.42 Å². The van der Waals surface area contributed by atoms with Crippen molar-refractivity contribution in [2.75, 3.05) is 39.5 Å². The van der Waals surface area contributed by atoms with Gasteiger partial charge in [-0.2, -0.15) is 0 Å². The number of hydrogen-bond acceptors (Lipinski definition) is 5. The van der Waals surface area contributed by atoms with Crippen LogP contribution in [0.4, 0.5) is 0 Å². The van der Waals surface area contributed by atoms with Crippen LogP contribution in [0.25, 0.3) is 0 Å². The summed E-state index contributed by atoms with van der Waals surface area (Å²) in [5, 5.41) is 8.85. The molecule has 2 aromatic rings. The lowest BCUT2D eigenvalue weighted by Gasteiger charge is -2.39. The first-order valence-electron chi connectivity index (χ1n) is 10.5. The van der Waals surface area contributed by atoms with Gasteiger partial charge in [0.05, 0.1) is 10.6 Å². The van der Waals surface area contributed by atoms with Crippen molar-refractivity contribution in [1.82, 2.24) is 15.5 Å². The average molecular weight is 577 g/mol. The van der Waals surface area contributed by atoms with E-state index in [9.17, 15) is 8.42 Å². The fraction of sp³-hybridized carbons (Fsp3) is 0.500. The second-order valence-corrected chi connectivity index (χ2v) is 10.8. The molecule has 1 aromatic carbocycles. The van der Waals surface area contributed by atoms with Gasteiger partial charge in [0.25, 0.3) is 0 Å². The maximum atomic E-state index is 12.4. The molecule has 0 spiro atoms. The number of aliphatic imine (C=N–C) groups is 1. The molecule has 2 atom stereocenters. The summed E-state index contributed by atoms with van der Waals surface area (Å²) >= 11 is 1.82. The molecule has 1 aromatic heterocycles. The highest BCUT2D eigenvalue weighted by Gasteiger charge is 2.31. The van der Waals surface area contributed by atoms with Crippen LogP contribution in [0.3, 0.4) is 0 Å². The molecule has 31 heavy (non-hydrogen) atoms. The first-order valence-corrected chi connectivity index (χ1v) is 13.0. The Balaban J connectivity index is 0.00000341. The van der Waals surface area contributed by atoms with Gasteiger partial charge in [0, 0.05) is 31.1 Å². The Morgan fingerprint density at radius 2 is 1.97 bits per heavy atom. The highest BCUT2D eigenvalue weighted by Crippen LogP contribution is 2.36. The summed E-state index contributed by atoms with van der Waals surface area (Å²) in [6.07, 6.45) is 2.92. The van der Waals surface area contributed by atoms with Crippen LogP contribution in [-0.2, 0) is 9.84 Å². The molecule has 2 N–H and O–H groups in total. The average Bonchev–Trinajstić information content (AvgIpc) is 3.28. The number of halogens is 1. The standard InChI is InChI=1S/C22H32N4O2S2.HI/c1-23-22(24-13-8-16-30(27,28)19-10-4-3-5-11-19)25-17-18-9-6-14-26(2)21(18)20-12-7-15-29-20;/h3-5,7,10-12,15,18,21H,6,8-9,13-14,16-17H2,1-2H3,(H2,23,24,25);1H. The first kappa shape index (κ1) is 26.1. The van der Waals surface area contributed by atoms with Crippen molar-refractivity contribution in [1.29, 1.82) is 0 Å². The molecule has 1 aliphatic rings. The molecular formula is C22H33IN4O2S2. The van der Waals surface area contributed by atoms with Gasteiger partial charge in [0.2, 0.25) is 0 Å². The molecule has 0 aliphatic carbocycles. The van der Waals surface area contributed by atoms with Crippen LogP contribution in [0.5, 0.6) is 0 Å². The molecule has 2 heterocycles. The fourth-order valence-electron chi connectivity index (χ4n) is 4.05. The number of sulfone groups is 1. The van der Waals surface area contributed by atoms with E-state index in [2.05, 4.69) is 45.1 Å². The van der Waals surface area contributed by atoms with Gasteiger partial charge in [-0.15, -0.1) is 35.3 Å². The molecule has 2 unspecified atom stereocenters. The van der Waals surface area contributed by atoms with E-state index < -0.39 is 9.84 Å².